The van der Waals surface area contributed by atoms with Gasteiger partial charge in [0.1, 0.15) is 12.7 Å². The van der Waals surface area contributed by atoms with Gasteiger partial charge in [0.05, 0.1) is 5.57 Å². The van der Waals surface area contributed by atoms with Crippen molar-refractivity contribution >= 4 is 11.9 Å². The molecule has 20 heavy (non-hydrogen) atoms. The molecule has 1 N–H and O–H groups in total. The quantitative estimate of drug-likeness (QED) is 0.610. The van der Waals surface area contributed by atoms with Crippen molar-refractivity contribution in [2.24, 2.45) is 0 Å². The van der Waals surface area contributed by atoms with Crippen LogP contribution in [0.3, 0.4) is 0 Å². The summed E-state index contributed by atoms with van der Waals surface area (Å²) in [6.45, 7) is 1.65. The lowest BCUT2D eigenvalue weighted by Gasteiger charge is -2.33. The van der Waals surface area contributed by atoms with Crippen LogP contribution in [-0.4, -0.2) is 48.3 Å². The van der Waals surface area contributed by atoms with Crippen LogP contribution in [0.4, 0.5) is 13.2 Å². The van der Waals surface area contributed by atoms with E-state index in [2.05, 4.69) is 9.47 Å². The predicted octanol–water partition coefficient (Wildman–Crippen LogP) is 0.687. The van der Waals surface area contributed by atoms with Crippen molar-refractivity contribution in [1.82, 2.24) is 0 Å². The molecule has 0 fully saturated rings. The standard InChI is InChI=1S/C11H13F3O6/c1-5(15)18-4-9-8(19-6(2)16)3-7(10(17)20-9)11(12,13)14/h3,8-10,17H,4H2,1-2H3/t8-,9+,10+/m0/s1. The van der Waals surface area contributed by atoms with Gasteiger partial charge in [-0.05, 0) is 6.08 Å². The molecule has 6 nitrogen and oxygen atoms in total. The van der Waals surface area contributed by atoms with Crippen molar-refractivity contribution < 1.29 is 42.1 Å². The van der Waals surface area contributed by atoms with E-state index in [0.717, 1.165) is 13.8 Å². The zero-order valence-electron chi connectivity index (χ0n) is 10.6. The minimum Gasteiger partial charge on any atom is -0.463 e. The Balaban J connectivity index is 2.94. The van der Waals surface area contributed by atoms with Crippen LogP contribution in [0.15, 0.2) is 11.6 Å². The molecule has 1 heterocycles. The van der Waals surface area contributed by atoms with E-state index in [4.69, 9.17) is 4.74 Å². The van der Waals surface area contributed by atoms with E-state index in [0.29, 0.717) is 6.08 Å². The van der Waals surface area contributed by atoms with Crippen LogP contribution in [0.1, 0.15) is 13.8 Å². The van der Waals surface area contributed by atoms with Crippen molar-refractivity contribution in [3.8, 4) is 0 Å². The van der Waals surface area contributed by atoms with Gasteiger partial charge in [-0.2, -0.15) is 13.2 Å². The zero-order valence-corrected chi connectivity index (χ0v) is 10.6. The van der Waals surface area contributed by atoms with E-state index in [1.54, 1.807) is 0 Å². The second kappa shape index (κ2) is 6.23. The lowest BCUT2D eigenvalue weighted by atomic mass is 10.1. The van der Waals surface area contributed by atoms with Gasteiger partial charge in [-0.1, -0.05) is 0 Å². The highest BCUT2D eigenvalue weighted by Crippen LogP contribution is 2.33. The van der Waals surface area contributed by atoms with Crippen molar-refractivity contribution in [3.63, 3.8) is 0 Å². The number of carbonyl (C=O) groups excluding carboxylic acids is 2. The molecule has 0 aliphatic carbocycles. The Kier molecular flexibility index (Phi) is 5.12. The largest absolute Gasteiger partial charge is 0.463 e. The smallest absolute Gasteiger partial charge is 0.417 e. The molecule has 0 saturated heterocycles. The maximum absolute atomic E-state index is 12.6. The number of rotatable bonds is 3. The van der Waals surface area contributed by atoms with Crippen LogP contribution in [0.2, 0.25) is 0 Å². The molecule has 0 aromatic carbocycles. The number of aliphatic hydroxyl groups is 1. The van der Waals surface area contributed by atoms with Gasteiger partial charge in [-0.25, -0.2) is 0 Å². The lowest BCUT2D eigenvalue weighted by Crippen LogP contribution is -2.45. The third-order valence-electron chi connectivity index (χ3n) is 2.36. The van der Waals surface area contributed by atoms with Crippen molar-refractivity contribution in [2.45, 2.75) is 38.5 Å². The number of ether oxygens (including phenoxy) is 3. The molecule has 1 aliphatic rings. The van der Waals surface area contributed by atoms with Crippen LogP contribution >= 0.6 is 0 Å². The molecule has 0 bridgehead atoms. The summed E-state index contributed by atoms with van der Waals surface area (Å²) < 4.78 is 51.8. The van der Waals surface area contributed by atoms with E-state index >= 15 is 0 Å². The second-order valence-electron chi connectivity index (χ2n) is 4.02. The van der Waals surface area contributed by atoms with E-state index in [-0.39, 0.29) is 0 Å². The summed E-state index contributed by atoms with van der Waals surface area (Å²) >= 11 is 0. The SMILES string of the molecule is CC(=O)OC[C@H]1O[C@@H](O)C(C(F)(F)F)=C[C@@H]1OC(C)=O. The number of carbonyl (C=O) groups is 2. The number of aliphatic hydroxyl groups excluding tert-OH is 1. The summed E-state index contributed by atoms with van der Waals surface area (Å²) in [6.07, 6.45) is -9.15. The maximum atomic E-state index is 12.6. The normalized spacial score (nSPS) is 26.7. The number of hydrogen-bond donors (Lipinski definition) is 1. The fourth-order valence-electron chi connectivity index (χ4n) is 1.55. The van der Waals surface area contributed by atoms with Gasteiger partial charge in [0.15, 0.2) is 12.4 Å². The molecule has 0 radical (unpaired) electrons. The minimum atomic E-state index is -4.83. The fraction of sp³-hybridized carbons (Fsp3) is 0.636. The Morgan fingerprint density at radius 3 is 2.40 bits per heavy atom. The Morgan fingerprint density at radius 2 is 1.95 bits per heavy atom. The third-order valence-corrected chi connectivity index (χ3v) is 2.36. The van der Waals surface area contributed by atoms with Gasteiger partial charge >= 0.3 is 18.1 Å². The van der Waals surface area contributed by atoms with Gasteiger partial charge < -0.3 is 19.3 Å². The molecule has 9 heteroatoms. The molecule has 1 rings (SSSR count). The van der Waals surface area contributed by atoms with Crippen LogP contribution in [0, 0.1) is 0 Å². The maximum Gasteiger partial charge on any atom is 0.417 e. The number of alkyl halides is 3. The summed E-state index contributed by atoms with van der Waals surface area (Å²) in [5.41, 5.74) is -1.37. The fourth-order valence-corrected chi connectivity index (χ4v) is 1.55. The first-order chi connectivity index (χ1) is 9.11. The van der Waals surface area contributed by atoms with Crippen molar-refractivity contribution in [2.75, 3.05) is 6.61 Å². The first-order valence-electron chi connectivity index (χ1n) is 5.54. The van der Waals surface area contributed by atoms with Crippen molar-refractivity contribution in [1.29, 1.82) is 0 Å². The predicted molar refractivity (Wildman–Crippen MR) is 57.2 cm³/mol. The molecule has 0 spiro atoms. The van der Waals surface area contributed by atoms with E-state index in [1.165, 1.54) is 0 Å². The van der Waals surface area contributed by atoms with Crippen LogP contribution in [-0.2, 0) is 23.8 Å². The van der Waals surface area contributed by atoms with Gasteiger partial charge in [0.25, 0.3) is 0 Å². The Bertz CT molecular complexity index is 417. The van der Waals surface area contributed by atoms with Gasteiger partial charge in [0.2, 0.25) is 0 Å². The Labute approximate surface area is 112 Å². The average molecular weight is 298 g/mol. The van der Waals surface area contributed by atoms with Crippen molar-refractivity contribution in [3.05, 3.63) is 11.6 Å². The summed E-state index contributed by atoms with van der Waals surface area (Å²) in [4.78, 5) is 21.6. The topological polar surface area (TPSA) is 82.1 Å². The summed E-state index contributed by atoms with van der Waals surface area (Å²) in [5, 5.41) is 9.30. The summed E-state index contributed by atoms with van der Waals surface area (Å²) in [7, 11) is 0. The molecule has 0 aromatic rings. The number of esters is 2. The molecule has 0 aromatic heterocycles. The van der Waals surface area contributed by atoms with Crippen LogP contribution in [0.5, 0.6) is 0 Å². The highest BCUT2D eigenvalue weighted by molar-refractivity contribution is 5.67. The molecule has 3 atom stereocenters. The van der Waals surface area contributed by atoms with E-state index < -0.39 is 48.8 Å². The molecule has 0 saturated carbocycles. The highest BCUT2D eigenvalue weighted by Gasteiger charge is 2.45. The number of hydrogen-bond acceptors (Lipinski definition) is 6. The molecule has 1 aliphatic heterocycles. The molecule has 0 unspecified atom stereocenters. The highest BCUT2D eigenvalue weighted by atomic mass is 19.4. The first kappa shape index (κ1) is 16.4. The summed E-state index contributed by atoms with van der Waals surface area (Å²) in [6, 6.07) is 0. The lowest BCUT2D eigenvalue weighted by molar-refractivity contribution is -0.209. The van der Waals surface area contributed by atoms with Gasteiger partial charge in [-0.3, -0.25) is 9.59 Å². The Hall–Kier alpha value is -1.61. The molecular weight excluding hydrogens is 285 g/mol. The average Bonchev–Trinajstić information content (AvgIpc) is 2.26. The first-order valence-corrected chi connectivity index (χ1v) is 5.54. The van der Waals surface area contributed by atoms with Crippen LogP contribution in [0.25, 0.3) is 0 Å². The van der Waals surface area contributed by atoms with Gasteiger partial charge in [-0.15, -0.1) is 0 Å². The summed E-state index contributed by atoms with van der Waals surface area (Å²) in [5.74, 6) is -1.52. The Morgan fingerprint density at radius 1 is 1.35 bits per heavy atom. The zero-order chi connectivity index (χ0) is 15.5. The number of halogens is 3. The molecule has 0 amide bonds. The second-order valence-corrected chi connectivity index (χ2v) is 4.02. The van der Waals surface area contributed by atoms with E-state index in [9.17, 15) is 27.9 Å². The monoisotopic (exact) mass is 298 g/mol. The third kappa shape index (κ3) is 4.49. The molecular formula is C11H13F3O6. The molecule has 114 valence electrons. The van der Waals surface area contributed by atoms with Gasteiger partial charge in [0, 0.05) is 13.8 Å². The minimum absolute atomic E-state index is 0.452. The van der Waals surface area contributed by atoms with E-state index in [1.807, 2.05) is 0 Å². The van der Waals surface area contributed by atoms with Crippen LogP contribution < -0.4 is 0 Å².